The normalized spacial score (nSPS) is 10.5. The third kappa shape index (κ3) is 1.99. The highest BCUT2D eigenvalue weighted by Crippen LogP contribution is 2.25. The zero-order valence-electron chi connectivity index (χ0n) is 8.43. The van der Waals surface area contributed by atoms with Gasteiger partial charge in [-0.15, -0.1) is 0 Å². The summed E-state index contributed by atoms with van der Waals surface area (Å²) >= 11 is 0. The minimum absolute atomic E-state index is 0.546. The van der Waals surface area contributed by atoms with Crippen LogP contribution in [0.25, 0.3) is 11.3 Å². The number of methoxy groups -OCH3 is 1. The Morgan fingerprint density at radius 1 is 1.47 bits per heavy atom. The number of nitrogens with two attached hydrogens (primary N) is 1. The zero-order valence-corrected chi connectivity index (χ0v) is 8.43. The number of ether oxygens (including phenoxy) is 1. The molecule has 0 bridgehead atoms. The summed E-state index contributed by atoms with van der Waals surface area (Å²) in [6.45, 7) is 0.571. The van der Waals surface area contributed by atoms with Crippen LogP contribution in [-0.2, 0) is 11.3 Å². The Bertz CT molecular complexity index is 451. The Morgan fingerprint density at radius 2 is 2.33 bits per heavy atom. The number of nitrogen functional groups attached to an aromatic ring is 1. The number of nitrogens with zero attached hydrogens (tertiary/aromatic N) is 1. The van der Waals surface area contributed by atoms with Crippen LogP contribution in [0.5, 0.6) is 0 Å². The van der Waals surface area contributed by atoms with E-state index in [4.69, 9.17) is 15.0 Å². The molecule has 2 aromatic rings. The molecule has 0 unspecified atom stereocenters. The van der Waals surface area contributed by atoms with Crippen molar-refractivity contribution in [3.63, 3.8) is 0 Å². The minimum atomic E-state index is 0.546. The van der Waals surface area contributed by atoms with Crippen LogP contribution in [0.15, 0.2) is 35.0 Å². The molecule has 0 aliphatic rings. The molecule has 0 saturated heterocycles. The SMILES string of the molecule is COCc1cccc(-c2oncc2N)c1. The van der Waals surface area contributed by atoms with Crippen molar-refractivity contribution >= 4 is 5.69 Å². The summed E-state index contributed by atoms with van der Waals surface area (Å²) in [5, 5.41) is 3.64. The molecule has 1 heterocycles. The first-order valence-corrected chi connectivity index (χ1v) is 4.59. The predicted octanol–water partition coefficient (Wildman–Crippen LogP) is 2.07. The van der Waals surface area contributed by atoms with E-state index in [9.17, 15) is 0 Å². The Labute approximate surface area is 87.6 Å². The molecule has 4 nitrogen and oxygen atoms in total. The van der Waals surface area contributed by atoms with Crippen molar-refractivity contribution < 1.29 is 9.26 Å². The third-order valence-corrected chi connectivity index (χ3v) is 2.10. The molecule has 2 rings (SSSR count). The average molecular weight is 204 g/mol. The Hall–Kier alpha value is -1.81. The summed E-state index contributed by atoms with van der Waals surface area (Å²) in [4.78, 5) is 0. The molecule has 0 saturated carbocycles. The van der Waals surface area contributed by atoms with Crippen molar-refractivity contribution in [2.24, 2.45) is 0 Å². The van der Waals surface area contributed by atoms with Crippen molar-refractivity contribution in [2.75, 3.05) is 12.8 Å². The molecule has 0 radical (unpaired) electrons. The van der Waals surface area contributed by atoms with Gasteiger partial charge in [-0.05, 0) is 11.6 Å². The Morgan fingerprint density at radius 3 is 3.00 bits per heavy atom. The fourth-order valence-corrected chi connectivity index (χ4v) is 1.44. The van der Waals surface area contributed by atoms with Crippen LogP contribution in [0.1, 0.15) is 5.56 Å². The topological polar surface area (TPSA) is 61.3 Å². The maximum Gasteiger partial charge on any atom is 0.189 e. The highest BCUT2D eigenvalue weighted by Gasteiger charge is 2.07. The second-order valence-corrected chi connectivity index (χ2v) is 3.24. The molecular weight excluding hydrogens is 192 g/mol. The summed E-state index contributed by atoms with van der Waals surface area (Å²) < 4.78 is 10.1. The second kappa shape index (κ2) is 4.14. The minimum Gasteiger partial charge on any atom is -0.394 e. The van der Waals surface area contributed by atoms with Gasteiger partial charge in [0.25, 0.3) is 0 Å². The van der Waals surface area contributed by atoms with Gasteiger partial charge in [0.15, 0.2) is 5.76 Å². The van der Waals surface area contributed by atoms with Gasteiger partial charge in [-0.1, -0.05) is 23.4 Å². The van der Waals surface area contributed by atoms with E-state index in [1.165, 1.54) is 6.20 Å². The van der Waals surface area contributed by atoms with Crippen molar-refractivity contribution in [3.05, 3.63) is 36.0 Å². The first-order valence-electron chi connectivity index (χ1n) is 4.59. The summed E-state index contributed by atoms with van der Waals surface area (Å²) in [7, 11) is 1.66. The fourth-order valence-electron chi connectivity index (χ4n) is 1.44. The lowest BCUT2D eigenvalue weighted by Gasteiger charge is -2.02. The zero-order chi connectivity index (χ0) is 10.7. The van der Waals surface area contributed by atoms with E-state index in [1.807, 2.05) is 24.3 Å². The molecule has 15 heavy (non-hydrogen) atoms. The molecule has 1 aromatic heterocycles. The maximum atomic E-state index is 5.71. The molecule has 2 N–H and O–H groups in total. The lowest BCUT2D eigenvalue weighted by atomic mass is 10.1. The average Bonchev–Trinajstić information content (AvgIpc) is 2.65. The Kier molecular flexibility index (Phi) is 2.69. The van der Waals surface area contributed by atoms with E-state index in [2.05, 4.69) is 5.16 Å². The monoisotopic (exact) mass is 204 g/mol. The molecule has 0 amide bonds. The first-order chi connectivity index (χ1) is 7.31. The lowest BCUT2D eigenvalue weighted by Crippen LogP contribution is -1.89. The molecule has 78 valence electrons. The maximum absolute atomic E-state index is 5.71. The molecule has 0 aliphatic carbocycles. The van der Waals surface area contributed by atoms with Gasteiger partial charge in [0.05, 0.1) is 12.8 Å². The van der Waals surface area contributed by atoms with Crippen LogP contribution in [0.4, 0.5) is 5.69 Å². The summed E-state index contributed by atoms with van der Waals surface area (Å²) in [5.41, 5.74) is 8.25. The van der Waals surface area contributed by atoms with Crippen LogP contribution in [0, 0.1) is 0 Å². The quantitative estimate of drug-likeness (QED) is 0.831. The van der Waals surface area contributed by atoms with Gasteiger partial charge in [0.2, 0.25) is 0 Å². The summed E-state index contributed by atoms with van der Waals surface area (Å²) in [6, 6.07) is 7.82. The number of rotatable bonds is 3. The van der Waals surface area contributed by atoms with Crippen molar-refractivity contribution in [3.8, 4) is 11.3 Å². The Balaban J connectivity index is 2.37. The van der Waals surface area contributed by atoms with Crippen LogP contribution < -0.4 is 5.73 Å². The van der Waals surface area contributed by atoms with E-state index in [1.54, 1.807) is 7.11 Å². The fraction of sp³-hybridized carbons (Fsp3) is 0.182. The number of hydrogen-bond acceptors (Lipinski definition) is 4. The smallest absolute Gasteiger partial charge is 0.189 e. The predicted molar refractivity (Wildman–Crippen MR) is 57.1 cm³/mol. The van der Waals surface area contributed by atoms with Crippen LogP contribution >= 0.6 is 0 Å². The van der Waals surface area contributed by atoms with Crippen molar-refractivity contribution in [1.82, 2.24) is 5.16 Å². The molecular formula is C11H12N2O2. The third-order valence-electron chi connectivity index (χ3n) is 2.10. The van der Waals surface area contributed by atoms with E-state index in [0.717, 1.165) is 11.1 Å². The van der Waals surface area contributed by atoms with Gasteiger partial charge in [-0.2, -0.15) is 0 Å². The van der Waals surface area contributed by atoms with Crippen molar-refractivity contribution in [2.45, 2.75) is 6.61 Å². The highest BCUT2D eigenvalue weighted by atomic mass is 16.5. The van der Waals surface area contributed by atoms with Crippen LogP contribution in [0.2, 0.25) is 0 Å². The standard InChI is InChI=1S/C11H12N2O2/c1-14-7-8-3-2-4-9(5-8)11-10(12)6-13-15-11/h2-6H,7,12H2,1H3. The van der Waals surface area contributed by atoms with E-state index in [-0.39, 0.29) is 0 Å². The number of anilines is 1. The van der Waals surface area contributed by atoms with Gasteiger partial charge in [-0.3, -0.25) is 0 Å². The lowest BCUT2D eigenvalue weighted by molar-refractivity contribution is 0.185. The molecule has 0 spiro atoms. The number of aromatic nitrogens is 1. The van der Waals surface area contributed by atoms with E-state index >= 15 is 0 Å². The van der Waals surface area contributed by atoms with Gasteiger partial charge in [-0.25, -0.2) is 0 Å². The largest absolute Gasteiger partial charge is 0.394 e. The van der Waals surface area contributed by atoms with Gasteiger partial charge in [0, 0.05) is 12.7 Å². The van der Waals surface area contributed by atoms with E-state index < -0.39 is 0 Å². The highest BCUT2D eigenvalue weighted by molar-refractivity contribution is 5.70. The van der Waals surface area contributed by atoms with E-state index in [0.29, 0.717) is 18.1 Å². The molecule has 1 aromatic carbocycles. The number of benzene rings is 1. The summed E-state index contributed by atoms with van der Waals surface area (Å²) in [6.07, 6.45) is 1.50. The second-order valence-electron chi connectivity index (χ2n) is 3.24. The van der Waals surface area contributed by atoms with Crippen LogP contribution in [0.3, 0.4) is 0 Å². The molecule has 0 atom stereocenters. The molecule has 4 heteroatoms. The number of hydrogen-bond donors (Lipinski definition) is 1. The first kappa shape index (κ1) is 9.73. The van der Waals surface area contributed by atoms with Gasteiger partial charge < -0.3 is 15.0 Å². The molecule has 0 aliphatic heterocycles. The van der Waals surface area contributed by atoms with Gasteiger partial charge >= 0.3 is 0 Å². The summed E-state index contributed by atoms with van der Waals surface area (Å²) in [5.74, 6) is 0.605. The molecule has 0 fully saturated rings. The van der Waals surface area contributed by atoms with Crippen molar-refractivity contribution in [1.29, 1.82) is 0 Å². The van der Waals surface area contributed by atoms with Crippen LogP contribution in [-0.4, -0.2) is 12.3 Å². The van der Waals surface area contributed by atoms with Gasteiger partial charge in [0.1, 0.15) is 5.69 Å².